The van der Waals surface area contributed by atoms with Crippen molar-refractivity contribution in [3.63, 3.8) is 0 Å². The Balaban J connectivity index is 1.77. The molecule has 0 spiro atoms. The van der Waals surface area contributed by atoms with Crippen LogP contribution in [0, 0.1) is 0 Å². The Morgan fingerprint density at radius 2 is 2.09 bits per heavy atom. The fourth-order valence-electron chi connectivity index (χ4n) is 3.01. The van der Waals surface area contributed by atoms with Gasteiger partial charge in [-0.15, -0.1) is 23.1 Å². The highest BCUT2D eigenvalue weighted by Crippen LogP contribution is 2.40. The third kappa shape index (κ3) is 4.42. The summed E-state index contributed by atoms with van der Waals surface area (Å²) in [7, 11) is 0. The summed E-state index contributed by atoms with van der Waals surface area (Å²) in [6.45, 7) is 2.57. The van der Waals surface area contributed by atoms with E-state index in [-0.39, 0.29) is 23.1 Å². The maximum Gasteiger partial charge on any atom is 0.352 e. The zero-order chi connectivity index (χ0) is 23.8. The second kappa shape index (κ2) is 9.03. The maximum absolute atomic E-state index is 13.0. The molecule has 3 rings (SSSR count). The fourth-order valence-corrected chi connectivity index (χ4v) is 4.96. The monoisotopic (exact) mass is 486 g/mol. The molecule has 15 heteroatoms. The standard InChI is InChI=1S/C17H22N6O7S2/c1-17(2,15(28)29)30-22-8(7-5-32-16(19)20-7)11(24)21-9-12(25)23-10(14(26)27)6(3-18)4-31-13(9)23/h5,8-9,13,22H,3-4,18H2,1-2H3,(H2,19,20)(H,21,24)(H,26,27)(H,28,29)/t8?,9?,13-/m0/s1. The number of hydrogen-bond acceptors (Lipinski definition) is 11. The van der Waals surface area contributed by atoms with Gasteiger partial charge in [-0.25, -0.2) is 14.6 Å². The van der Waals surface area contributed by atoms with Crippen molar-refractivity contribution in [2.45, 2.75) is 36.9 Å². The molecule has 2 aliphatic heterocycles. The first-order chi connectivity index (χ1) is 15.0. The Morgan fingerprint density at radius 1 is 1.41 bits per heavy atom. The summed E-state index contributed by atoms with van der Waals surface area (Å²) in [4.78, 5) is 58.9. The van der Waals surface area contributed by atoms with Crippen LogP contribution in [0.25, 0.3) is 0 Å². The highest BCUT2D eigenvalue weighted by atomic mass is 32.2. The second-order valence-electron chi connectivity index (χ2n) is 7.44. The number of fused-ring (bicyclic) bond motifs is 1. The van der Waals surface area contributed by atoms with Crippen molar-refractivity contribution in [1.82, 2.24) is 20.7 Å². The van der Waals surface area contributed by atoms with Crippen LogP contribution in [0.15, 0.2) is 16.7 Å². The highest BCUT2D eigenvalue weighted by molar-refractivity contribution is 8.00. The molecule has 0 aromatic carbocycles. The number of nitrogen functional groups attached to an aromatic ring is 1. The molecule has 2 aliphatic rings. The number of carboxylic acids is 2. The smallest absolute Gasteiger partial charge is 0.352 e. The zero-order valence-electron chi connectivity index (χ0n) is 17.0. The Labute approximate surface area is 190 Å². The zero-order valence-corrected chi connectivity index (χ0v) is 18.7. The summed E-state index contributed by atoms with van der Waals surface area (Å²) in [5.74, 6) is -3.55. The summed E-state index contributed by atoms with van der Waals surface area (Å²) in [6, 6.07) is -2.26. The molecule has 0 saturated carbocycles. The van der Waals surface area contributed by atoms with Gasteiger partial charge >= 0.3 is 11.9 Å². The van der Waals surface area contributed by atoms with Gasteiger partial charge in [0.1, 0.15) is 17.1 Å². The molecule has 1 saturated heterocycles. The molecule has 3 heterocycles. The van der Waals surface area contributed by atoms with Crippen molar-refractivity contribution in [1.29, 1.82) is 0 Å². The van der Waals surface area contributed by atoms with Gasteiger partial charge < -0.3 is 27.0 Å². The molecule has 1 fully saturated rings. The number of carbonyl (C=O) groups excluding carboxylic acids is 2. The second-order valence-corrected chi connectivity index (χ2v) is 9.43. The SMILES string of the molecule is CC(C)(ONC(C(=O)NC1C(=O)N2C(C(=O)O)=C(CN)CS[C@@H]12)c1csc(N)n1)C(=O)O. The molecule has 32 heavy (non-hydrogen) atoms. The van der Waals surface area contributed by atoms with Crippen LogP contribution in [-0.2, 0) is 24.0 Å². The average Bonchev–Trinajstić information content (AvgIpc) is 3.16. The van der Waals surface area contributed by atoms with E-state index in [4.69, 9.17) is 16.3 Å². The van der Waals surface area contributed by atoms with Gasteiger partial charge in [-0.05, 0) is 19.4 Å². The number of β-lactam (4-membered cyclic amide) rings is 1. The van der Waals surface area contributed by atoms with Gasteiger partial charge in [-0.3, -0.25) is 19.3 Å². The molecule has 3 atom stereocenters. The number of rotatable bonds is 9. The van der Waals surface area contributed by atoms with Crippen molar-refractivity contribution in [2.24, 2.45) is 5.73 Å². The Bertz CT molecular complexity index is 994. The van der Waals surface area contributed by atoms with E-state index in [0.29, 0.717) is 11.3 Å². The summed E-state index contributed by atoms with van der Waals surface area (Å²) in [6.07, 6.45) is 0. The number of aromatic nitrogens is 1. The van der Waals surface area contributed by atoms with E-state index in [9.17, 15) is 29.4 Å². The third-order valence-corrected chi connectivity index (χ3v) is 6.87. The number of hydrogen-bond donors (Lipinski definition) is 6. The van der Waals surface area contributed by atoms with Crippen molar-refractivity contribution in [2.75, 3.05) is 18.0 Å². The number of thioether (sulfide) groups is 1. The molecule has 0 bridgehead atoms. The van der Waals surface area contributed by atoms with E-state index in [1.807, 2.05) is 0 Å². The number of nitrogens with two attached hydrogens (primary N) is 2. The number of thiazole rings is 1. The number of anilines is 1. The predicted molar refractivity (Wildman–Crippen MR) is 114 cm³/mol. The van der Waals surface area contributed by atoms with Gasteiger partial charge in [0, 0.05) is 17.7 Å². The van der Waals surface area contributed by atoms with Gasteiger partial charge in [0.15, 0.2) is 16.8 Å². The van der Waals surface area contributed by atoms with Crippen LogP contribution >= 0.6 is 23.1 Å². The molecule has 2 amide bonds. The number of nitrogens with one attached hydrogen (secondary N) is 2. The van der Waals surface area contributed by atoms with Crippen LogP contribution in [-0.4, -0.2) is 73.2 Å². The lowest BCUT2D eigenvalue weighted by molar-refractivity contribution is -0.175. The van der Waals surface area contributed by atoms with Crippen LogP contribution in [0.3, 0.4) is 0 Å². The number of carbonyl (C=O) groups is 4. The molecule has 1 aromatic rings. The van der Waals surface area contributed by atoms with Gasteiger partial charge in [-0.2, -0.15) is 5.48 Å². The molecule has 1 aromatic heterocycles. The highest BCUT2D eigenvalue weighted by Gasteiger charge is 2.54. The van der Waals surface area contributed by atoms with Crippen LogP contribution in [0.1, 0.15) is 25.6 Å². The van der Waals surface area contributed by atoms with Crippen LogP contribution in [0.2, 0.25) is 0 Å². The third-order valence-electron chi connectivity index (χ3n) is 4.84. The fraction of sp³-hybridized carbons (Fsp3) is 0.471. The van der Waals surface area contributed by atoms with E-state index >= 15 is 0 Å². The quantitative estimate of drug-likeness (QED) is 0.180. The number of amides is 2. The maximum atomic E-state index is 13.0. The first-order valence-corrected chi connectivity index (χ1v) is 11.2. The van der Waals surface area contributed by atoms with Gasteiger partial charge in [0.05, 0.1) is 5.69 Å². The average molecular weight is 487 g/mol. The molecular weight excluding hydrogens is 464 g/mol. The molecule has 0 radical (unpaired) electrons. The molecule has 0 aliphatic carbocycles. The van der Waals surface area contributed by atoms with E-state index < -0.39 is 46.8 Å². The Morgan fingerprint density at radius 3 is 2.62 bits per heavy atom. The van der Waals surface area contributed by atoms with Crippen LogP contribution < -0.4 is 22.3 Å². The molecule has 13 nitrogen and oxygen atoms in total. The van der Waals surface area contributed by atoms with Crippen molar-refractivity contribution in [3.8, 4) is 0 Å². The normalized spacial score (nSPS) is 21.6. The molecule has 8 N–H and O–H groups in total. The van der Waals surface area contributed by atoms with E-state index in [1.54, 1.807) is 0 Å². The minimum Gasteiger partial charge on any atom is -0.479 e. The largest absolute Gasteiger partial charge is 0.479 e. The van der Waals surface area contributed by atoms with E-state index in [2.05, 4.69) is 15.8 Å². The van der Waals surface area contributed by atoms with Gasteiger partial charge in [-0.1, -0.05) is 0 Å². The summed E-state index contributed by atoms with van der Waals surface area (Å²) in [5, 5.41) is 22.3. The van der Waals surface area contributed by atoms with Gasteiger partial charge in [0.2, 0.25) is 5.91 Å². The van der Waals surface area contributed by atoms with E-state index in [0.717, 1.165) is 16.2 Å². The first-order valence-electron chi connectivity index (χ1n) is 9.26. The first kappa shape index (κ1) is 23.9. The number of hydroxylamine groups is 1. The van der Waals surface area contributed by atoms with Crippen molar-refractivity contribution < 1.29 is 34.2 Å². The lowest BCUT2D eigenvalue weighted by Crippen LogP contribution is -2.71. The van der Waals surface area contributed by atoms with Gasteiger partial charge in [0.25, 0.3) is 5.91 Å². The summed E-state index contributed by atoms with van der Waals surface area (Å²) in [5.41, 5.74) is 12.4. The summed E-state index contributed by atoms with van der Waals surface area (Å²) >= 11 is 2.35. The molecule has 2 unspecified atom stereocenters. The van der Waals surface area contributed by atoms with Crippen LogP contribution in [0.4, 0.5) is 5.13 Å². The molecule has 174 valence electrons. The minimum absolute atomic E-state index is 0.00387. The Kier molecular flexibility index (Phi) is 6.75. The Hall–Kier alpha value is -2.72. The lowest BCUT2D eigenvalue weighted by Gasteiger charge is -2.49. The summed E-state index contributed by atoms with van der Waals surface area (Å²) < 4.78 is 0. The number of carboxylic acid groups (broad SMARTS) is 2. The minimum atomic E-state index is -1.66. The number of aliphatic carboxylic acids is 2. The topological polar surface area (TPSA) is 210 Å². The van der Waals surface area contributed by atoms with Crippen molar-refractivity contribution in [3.05, 3.63) is 22.3 Å². The lowest BCUT2D eigenvalue weighted by atomic mass is 10.0. The van der Waals surface area contributed by atoms with Crippen LogP contribution in [0.5, 0.6) is 0 Å². The van der Waals surface area contributed by atoms with Crippen molar-refractivity contribution >= 4 is 52.0 Å². The molecular formula is C17H22N6O7S2. The number of nitrogens with zero attached hydrogens (tertiary/aromatic N) is 2. The predicted octanol–water partition coefficient (Wildman–Crippen LogP) is -1.15. The van der Waals surface area contributed by atoms with E-state index in [1.165, 1.54) is 31.0 Å².